The average Bonchev–Trinajstić information content (AvgIpc) is 3.67. The minimum absolute atomic E-state index is 0.0580. The summed E-state index contributed by atoms with van der Waals surface area (Å²) in [5, 5.41) is 14.2. The number of carbonyl (C=O) groups is 2. The van der Waals surface area contributed by atoms with E-state index >= 15 is 0 Å². The maximum Gasteiger partial charge on any atom is 0.393 e. The van der Waals surface area contributed by atoms with Crippen molar-refractivity contribution in [3.05, 3.63) is 41.2 Å². The van der Waals surface area contributed by atoms with E-state index in [4.69, 9.17) is 14.8 Å². The zero-order valence-corrected chi connectivity index (χ0v) is 25.4. The van der Waals surface area contributed by atoms with Crippen LogP contribution < -0.4 is 10.6 Å². The van der Waals surface area contributed by atoms with E-state index in [1.54, 1.807) is 6.07 Å². The number of halogens is 5. The first kappa shape index (κ1) is 32.3. The van der Waals surface area contributed by atoms with Gasteiger partial charge in [0.05, 0.1) is 35.2 Å². The highest BCUT2D eigenvalue weighted by atomic mass is 19.4. The van der Waals surface area contributed by atoms with Crippen molar-refractivity contribution in [1.82, 2.24) is 40.0 Å². The number of hydrogen-bond donors (Lipinski definition) is 2. The molecule has 11 nitrogen and oxygen atoms in total. The van der Waals surface area contributed by atoms with Crippen LogP contribution in [0.5, 0.6) is 0 Å². The molecule has 1 saturated carbocycles. The molecule has 46 heavy (non-hydrogen) atoms. The summed E-state index contributed by atoms with van der Waals surface area (Å²) < 4.78 is 78.4. The number of rotatable bonds is 8. The summed E-state index contributed by atoms with van der Waals surface area (Å²) in [4.78, 5) is 35.6. The maximum atomic E-state index is 14.6. The fourth-order valence-electron chi connectivity index (χ4n) is 6.96. The van der Waals surface area contributed by atoms with Gasteiger partial charge in [-0.25, -0.2) is 23.3 Å². The summed E-state index contributed by atoms with van der Waals surface area (Å²) in [6.45, 7) is 2.73. The molecule has 0 unspecified atom stereocenters. The number of fused-ring (bicyclic) bond motifs is 1. The second-order valence-electron chi connectivity index (χ2n) is 12.6. The number of amides is 2. The van der Waals surface area contributed by atoms with Crippen molar-refractivity contribution in [3.63, 3.8) is 0 Å². The monoisotopic (exact) mass is 652 g/mol. The van der Waals surface area contributed by atoms with Crippen LogP contribution in [-0.4, -0.2) is 73.0 Å². The molecule has 6 rings (SSSR count). The normalized spacial score (nSPS) is 24.9. The number of alkyl halides is 5. The van der Waals surface area contributed by atoms with Crippen molar-refractivity contribution in [2.75, 3.05) is 19.8 Å². The number of aromatic nitrogens is 6. The van der Waals surface area contributed by atoms with Gasteiger partial charge < -0.3 is 15.4 Å². The molecule has 16 heteroatoms. The fourth-order valence-corrected chi connectivity index (χ4v) is 6.96. The molecule has 2 amide bonds. The van der Waals surface area contributed by atoms with Crippen LogP contribution in [0.15, 0.2) is 18.5 Å². The molecule has 2 aliphatic heterocycles. The highest BCUT2D eigenvalue weighted by Crippen LogP contribution is 2.42. The zero-order chi connectivity index (χ0) is 32.6. The molecule has 250 valence electrons. The summed E-state index contributed by atoms with van der Waals surface area (Å²) in [6, 6.07) is 0.657. The topological polar surface area (TPSA) is 128 Å². The Morgan fingerprint density at radius 2 is 2.00 bits per heavy atom. The summed E-state index contributed by atoms with van der Waals surface area (Å²) in [7, 11) is 0. The Balaban J connectivity index is 1.37. The lowest BCUT2D eigenvalue weighted by molar-refractivity contribution is -0.183. The minimum Gasteiger partial charge on any atom is -0.381 e. The first-order valence-corrected chi connectivity index (χ1v) is 15.8. The van der Waals surface area contributed by atoms with Gasteiger partial charge in [-0.2, -0.15) is 23.4 Å². The van der Waals surface area contributed by atoms with Gasteiger partial charge in [0.15, 0.2) is 0 Å². The lowest BCUT2D eigenvalue weighted by Gasteiger charge is -2.34. The first-order valence-electron chi connectivity index (χ1n) is 15.8. The van der Waals surface area contributed by atoms with Crippen molar-refractivity contribution < 1.29 is 36.3 Å². The molecule has 3 aromatic heterocycles. The van der Waals surface area contributed by atoms with Crippen LogP contribution in [-0.2, 0) is 22.5 Å². The number of imidazole rings is 1. The lowest BCUT2D eigenvalue weighted by Crippen LogP contribution is -2.47. The van der Waals surface area contributed by atoms with E-state index in [0.29, 0.717) is 56.1 Å². The fraction of sp³-hybridized carbons (Fsp3) is 0.667. The Kier molecular flexibility index (Phi) is 9.00. The molecule has 2 N–H and O–H groups in total. The van der Waals surface area contributed by atoms with Gasteiger partial charge in [0.25, 0.3) is 11.7 Å². The second kappa shape index (κ2) is 12.8. The molecule has 1 aliphatic carbocycles. The Morgan fingerprint density at radius 3 is 2.72 bits per heavy atom. The SMILES string of the molecule is CCn1nccc1C(=O)N[C@H](c1cn2nc(C[C@H]3C[C@@H](C(F)(F)F)CNC3=O)c(C3CCOCC3)nc2n1)[C@H]1CCCC(F)(F)C1. The van der Waals surface area contributed by atoms with Gasteiger partial charge in [0.2, 0.25) is 11.8 Å². The number of nitrogens with zero attached hydrogens (tertiary/aromatic N) is 6. The van der Waals surface area contributed by atoms with Crippen LogP contribution in [0.3, 0.4) is 0 Å². The quantitative estimate of drug-likeness (QED) is 0.346. The van der Waals surface area contributed by atoms with Crippen LogP contribution in [0, 0.1) is 17.8 Å². The predicted octanol–water partition coefficient (Wildman–Crippen LogP) is 4.39. The van der Waals surface area contributed by atoms with Crippen LogP contribution in [0.25, 0.3) is 5.78 Å². The Bertz CT molecular complexity index is 1570. The van der Waals surface area contributed by atoms with Crippen LogP contribution in [0.4, 0.5) is 22.0 Å². The van der Waals surface area contributed by atoms with Crippen molar-refractivity contribution in [3.8, 4) is 0 Å². The molecule has 2 saturated heterocycles. The lowest BCUT2D eigenvalue weighted by atomic mass is 9.80. The third kappa shape index (κ3) is 6.86. The minimum atomic E-state index is -4.45. The smallest absolute Gasteiger partial charge is 0.381 e. The number of carbonyl (C=O) groups excluding carboxylic acids is 2. The third-order valence-electron chi connectivity index (χ3n) is 9.41. The largest absolute Gasteiger partial charge is 0.393 e. The van der Waals surface area contributed by atoms with Gasteiger partial charge in [-0.3, -0.25) is 14.3 Å². The van der Waals surface area contributed by atoms with E-state index in [2.05, 4.69) is 20.7 Å². The first-order chi connectivity index (χ1) is 21.9. The molecule has 3 aromatic rings. The summed E-state index contributed by atoms with van der Waals surface area (Å²) >= 11 is 0. The van der Waals surface area contributed by atoms with Crippen molar-refractivity contribution >= 4 is 17.6 Å². The highest BCUT2D eigenvalue weighted by molar-refractivity contribution is 5.92. The number of hydrogen-bond acceptors (Lipinski definition) is 7. The van der Waals surface area contributed by atoms with Crippen molar-refractivity contribution in [2.45, 2.75) is 88.9 Å². The van der Waals surface area contributed by atoms with E-state index in [-0.39, 0.29) is 43.1 Å². The molecule has 3 fully saturated rings. The number of nitrogens with one attached hydrogen (secondary N) is 2. The number of ether oxygens (including phenoxy) is 1. The molecular weight excluding hydrogens is 615 g/mol. The van der Waals surface area contributed by atoms with Gasteiger partial charge in [0, 0.05) is 63.6 Å². The van der Waals surface area contributed by atoms with E-state index in [9.17, 15) is 31.5 Å². The van der Waals surface area contributed by atoms with Crippen molar-refractivity contribution in [1.29, 1.82) is 0 Å². The van der Waals surface area contributed by atoms with Crippen LogP contribution >= 0.6 is 0 Å². The van der Waals surface area contributed by atoms with Crippen molar-refractivity contribution in [2.24, 2.45) is 17.8 Å². The molecule has 3 aliphatic rings. The van der Waals surface area contributed by atoms with Crippen LogP contribution in [0.2, 0.25) is 0 Å². The van der Waals surface area contributed by atoms with Gasteiger partial charge >= 0.3 is 6.18 Å². The standard InChI is InChI=1S/C30H37F5N8O3/c1-2-42-23(5-9-37-42)27(45)39-25(18-4-3-8-29(31,32)14-18)22-16-43-28(38-22)40-24(17-6-10-46-11-7-17)21(41-43)13-19-12-20(30(33,34)35)15-36-26(19)44/h5,9,16-20,25H,2-4,6-8,10-15H2,1H3,(H,36,44)(H,39,45)/t18-,19+,20+,25-/m0/s1. The molecule has 0 aromatic carbocycles. The molecule has 5 heterocycles. The summed E-state index contributed by atoms with van der Waals surface area (Å²) in [6.07, 6.45) is -0.597. The summed E-state index contributed by atoms with van der Waals surface area (Å²) in [5.41, 5.74) is 1.48. The van der Waals surface area contributed by atoms with Gasteiger partial charge in [-0.15, -0.1) is 0 Å². The molecule has 0 bridgehead atoms. The molecule has 4 atom stereocenters. The van der Waals surface area contributed by atoms with Gasteiger partial charge in [-0.1, -0.05) is 0 Å². The molecular formula is C30H37F5N8O3. The van der Waals surface area contributed by atoms with E-state index < -0.39 is 60.7 Å². The van der Waals surface area contributed by atoms with E-state index in [1.165, 1.54) is 21.6 Å². The van der Waals surface area contributed by atoms with E-state index in [1.807, 2.05) is 6.92 Å². The Hall–Kier alpha value is -3.69. The van der Waals surface area contributed by atoms with Gasteiger partial charge in [0.1, 0.15) is 5.69 Å². The average molecular weight is 653 g/mol. The Labute approximate surface area is 261 Å². The molecule has 0 spiro atoms. The third-order valence-corrected chi connectivity index (χ3v) is 9.41. The summed E-state index contributed by atoms with van der Waals surface area (Å²) in [5.74, 6) is -7.06. The zero-order valence-electron chi connectivity index (χ0n) is 25.4. The molecule has 0 radical (unpaired) electrons. The maximum absolute atomic E-state index is 14.6. The predicted molar refractivity (Wildman–Crippen MR) is 153 cm³/mol. The Morgan fingerprint density at radius 1 is 1.22 bits per heavy atom. The van der Waals surface area contributed by atoms with Gasteiger partial charge in [-0.05, 0) is 51.0 Å². The number of piperidine rings is 1. The highest BCUT2D eigenvalue weighted by Gasteiger charge is 2.45. The van der Waals surface area contributed by atoms with E-state index in [0.717, 1.165) is 0 Å². The number of aryl methyl sites for hydroxylation is 1. The van der Waals surface area contributed by atoms with Crippen LogP contribution in [0.1, 0.15) is 91.4 Å². The second-order valence-corrected chi connectivity index (χ2v) is 12.6.